The lowest BCUT2D eigenvalue weighted by molar-refractivity contribution is 0.593. The second-order valence-electron chi connectivity index (χ2n) is 3.87. The molecule has 0 fully saturated rings. The van der Waals surface area contributed by atoms with Gasteiger partial charge in [0, 0.05) is 10.7 Å². The molecule has 2 aromatic carbocycles. The van der Waals surface area contributed by atoms with E-state index in [0.717, 1.165) is 0 Å². The van der Waals surface area contributed by atoms with Gasteiger partial charge in [0.2, 0.25) is 5.89 Å². The average Bonchev–Trinajstić information content (AvgIpc) is 2.71. The average molecular weight is 263 g/mol. The number of hydrogen-bond donors (Lipinski definition) is 1. The van der Waals surface area contributed by atoms with Crippen molar-refractivity contribution < 1.29 is 8.81 Å². The predicted octanol–water partition coefficient (Wildman–Crippen LogP) is 3.87. The summed E-state index contributed by atoms with van der Waals surface area (Å²) in [6.07, 6.45) is 0. The lowest BCUT2D eigenvalue weighted by atomic mass is 10.2. The van der Waals surface area contributed by atoms with E-state index in [1.807, 2.05) is 0 Å². The summed E-state index contributed by atoms with van der Waals surface area (Å²) < 4.78 is 19.2. The number of hydrogen-bond acceptors (Lipinski definition) is 3. The van der Waals surface area contributed by atoms with Crippen molar-refractivity contribution in [2.45, 2.75) is 0 Å². The molecule has 3 aromatic rings. The Labute approximate surface area is 107 Å². The number of rotatable bonds is 1. The first-order valence-electron chi connectivity index (χ1n) is 5.25. The van der Waals surface area contributed by atoms with E-state index in [1.165, 1.54) is 12.1 Å². The maximum absolute atomic E-state index is 13.7. The van der Waals surface area contributed by atoms with Crippen molar-refractivity contribution in [3.05, 3.63) is 47.2 Å². The van der Waals surface area contributed by atoms with Gasteiger partial charge < -0.3 is 10.2 Å². The van der Waals surface area contributed by atoms with E-state index >= 15 is 0 Å². The van der Waals surface area contributed by atoms with Crippen LogP contribution in [0.25, 0.3) is 22.6 Å². The van der Waals surface area contributed by atoms with Crippen LogP contribution in [0.2, 0.25) is 5.02 Å². The molecule has 0 unspecified atom stereocenters. The summed E-state index contributed by atoms with van der Waals surface area (Å²) in [6.45, 7) is 0. The van der Waals surface area contributed by atoms with Crippen molar-refractivity contribution in [1.29, 1.82) is 0 Å². The number of halogens is 2. The van der Waals surface area contributed by atoms with Gasteiger partial charge in [-0.3, -0.25) is 0 Å². The summed E-state index contributed by atoms with van der Waals surface area (Å²) in [6, 6.07) is 9.43. The third kappa shape index (κ3) is 1.80. The number of nitrogens with zero attached hydrogens (tertiary/aromatic N) is 1. The van der Waals surface area contributed by atoms with Gasteiger partial charge in [-0.25, -0.2) is 9.37 Å². The second kappa shape index (κ2) is 3.99. The number of aromatic nitrogens is 1. The van der Waals surface area contributed by atoms with E-state index in [-0.39, 0.29) is 11.5 Å². The Bertz CT molecular complexity index is 739. The quantitative estimate of drug-likeness (QED) is 0.677. The van der Waals surface area contributed by atoms with Gasteiger partial charge >= 0.3 is 0 Å². The van der Waals surface area contributed by atoms with Crippen molar-refractivity contribution >= 4 is 28.4 Å². The lowest BCUT2D eigenvalue weighted by Crippen LogP contribution is -1.84. The molecular formula is C13H8ClFN2O. The number of benzene rings is 2. The van der Waals surface area contributed by atoms with Crippen LogP contribution in [0.15, 0.2) is 40.8 Å². The van der Waals surface area contributed by atoms with Crippen molar-refractivity contribution in [2.24, 2.45) is 0 Å². The Kier molecular flexibility index (Phi) is 2.45. The lowest BCUT2D eigenvalue weighted by Gasteiger charge is -1.97. The Morgan fingerprint density at radius 1 is 1.17 bits per heavy atom. The summed E-state index contributed by atoms with van der Waals surface area (Å²) in [5, 5.41) is 0.330. The van der Waals surface area contributed by atoms with Gasteiger partial charge in [0.15, 0.2) is 5.58 Å². The molecule has 0 radical (unpaired) electrons. The highest BCUT2D eigenvalue weighted by molar-refractivity contribution is 6.30. The Morgan fingerprint density at radius 2 is 2.00 bits per heavy atom. The number of fused-ring (bicyclic) bond motifs is 1. The van der Waals surface area contributed by atoms with E-state index < -0.39 is 5.82 Å². The first-order valence-corrected chi connectivity index (χ1v) is 5.63. The molecule has 0 bridgehead atoms. The molecule has 5 heteroatoms. The molecule has 0 aliphatic heterocycles. The van der Waals surface area contributed by atoms with Crippen LogP contribution in [0, 0.1) is 5.82 Å². The van der Waals surface area contributed by atoms with Crippen molar-refractivity contribution in [1.82, 2.24) is 4.98 Å². The van der Waals surface area contributed by atoms with Gasteiger partial charge in [-0.1, -0.05) is 11.6 Å². The Hall–Kier alpha value is -2.07. The fraction of sp³-hybridized carbons (Fsp3) is 0. The number of nitrogen functional groups attached to an aromatic ring is 1. The number of oxazole rings is 1. The highest BCUT2D eigenvalue weighted by Gasteiger charge is 2.12. The normalized spacial score (nSPS) is 11.0. The molecule has 3 rings (SSSR count). The third-order valence-electron chi connectivity index (χ3n) is 2.57. The van der Waals surface area contributed by atoms with Crippen LogP contribution in [0.4, 0.5) is 10.1 Å². The Balaban J connectivity index is 2.19. The fourth-order valence-electron chi connectivity index (χ4n) is 1.72. The minimum absolute atomic E-state index is 0.213. The molecule has 2 N–H and O–H groups in total. The fourth-order valence-corrected chi connectivity index (χ4v) is 1.88. The van der Waals surface area contributed by atoms with Crippen molar-refractivity contribution in [2.75, 3.05) is 5.73 Å². The summed E-state index contributed by atoms with van der Waals surface area (Å²) in [5.41, 5.74) is 7.66. The van der Waals surface area contributed by atoms with Gasteiger partial charge in [0.1, 0.15) is 11.3 Å². The molecular weight excluding hydrogens is 255 g/mol. The molecule has 3 nitrogen and oxygen atoms in total. The second-order valence-corrected chi connectivity index (χ2v) is 4.31. The van der Waals surface area contributed by atoms with Gasteiger partial charge in [0.05, 0.1) is 5.56 Å². The molecule has 1 aromatic heterocycles. The molecule has 0 amide bonds. The summed E-state index contributed by atoms with van der Waals surface area (Å²) in [5.74, 6) is -0.258. The van der Waals surface area contributed by atoms with Crippen LogP contribution in [-0.4, -0.2) is 4.98 Å². The first kappa shape index (κ1) is 11.0. The van der Waals surface area contributed by atoms with E-state index in [1.54, 1.807) is 24.3 Å². The molecule has 0 saturated carbocycles. The molecule has 0 aliphatic carbocycles. The molecule has 1 heterocycles. The minimum Gasteiger partial charge on any atom is -0.436 e. The monoisotopic (exact) mass is 262 g/mol. The zero-order chi connectivity index (χ0) is 12.7. The zero-order valence-corrected chi connectivity index (χ0v) is 9.91. The molecule has 0 spiro atoms. The van der Waals surface area contributed by atoms with Crippen LogP contribution in [0.3, 0.4) is 0 Å². The standard InChI is InChI=1S/C13H8ClFN2O/c14-7-1-3-9(10(15)5-7)13-17-11-6-8(16)2-4-12(11)18-13/h1-6H,16H2. The topological polar surface area (TPSA) is 52.0 Å². The largest absolute Gasteiger partial charge is 0.436 e. The minimum atomic E-state index is -0.470. The predicted molar refractivity (Wildman–Crippen MR) is 68.8 cm³/mol. The van der Waals surface area contributed by atoms with Crippen molar-refractivity contribution in [3.63, 3.8) is 0 Å². The highest BCUT2D eigenvalue weighted by Crippen LogP contribution is 2.28. The molecule has 0 aliphatic rings. The number of nitrogens with two attached hydrogens (primary N) is 1. The van der Waals surface area contributed by atoms with Crippen LogP contribution >= 0.6 is 11.6 Å². The van der Waals surface area contributed by atoms with Crippen molar-refractivity contribution in [3.8, 4) is 11.5 Å². The SMILES string of the molecule is Nc1ccc2oc(-c3ccc(Cl)cc3F)nc2c1. The molecule has 0 atom stereocenters. The maximum atomic E-state index is 13.7. The van der Waals surface area contributed by atoms with Crippen LogP contribution in [-0.2, 0) is 0 Å². The zero-order valence-electron chi connectivity index (χ0n) is 9.15. The smallest absolute Gasteiger partial charge is 0.230 e. The highest BCUT2D eigenvalue weighted by atomic mass is 35.5. The van der Waals surface area contributed by atoms with E-state index in [4.69, 9.17) is 21.8 Å². The Morgan fingerprint density at radius 3 is 2.78 bits per heavy atom. The van der Waals surface area contributed by atoms with Gasteiger partial charge in [-0.2, -0.15) is 0 Å². The van der Waals surface area contributed by atoms with Crippen LogP contribution in [0.5, 0.6) is 0 Å². The maximum Gasteiger partial charge on any atom is 0.230 e. The van der Waals surface area contributed by atoms with E-state index in [9.17, 15) is 4.39 Å². The third-order valence-corrected chi connectivity index (χ3v) is 2.81. The molecule has 18 heavy (non-hydrogen) atoms. The van der Waals surface area contributed by atoms with E-state index in [2.05, 4.69) is 4.98 Å². The summed E-state index contributed by atoms with van der Waals surface area (Å²) in [7, 11) is 0. The molecule has 0 saturated heterocycles. The van der Waals surface area contributed by atoms with Crippen LogP contribution in [0.1, 0.15) is 0 Å². The summed E-state index contributed by atoms with van der Waals surface area (Å²) in [4.78, 5) is 4.20. The van der Waals surface area contributed by atoms with Crippen LogP contribution < -0.4 is 5.73 Å². The first-order chi connectivity index (χ1) is 8.63. The molecule has 90 valence electrons. The van der Waals surface area contributed by atoms with Gasteiger partial charge in [-0.05, 0) is 36.4 Å². The van der Waals surface area contributed by atoms with Gasteiger partial charge in [-0.15, -0.1) is 0 Å². The van der Waals surface area contributed by atoms with Gasteiger partial charge in [0.25, 0.3) is 0 Å². The summed E-state index contributed by atoms with van der Waals surface area (Å²) >= 11 is 5.70. The van der Waals surface area contributed by atoms with E-state index in [0.29, 0.717) is 21.8 Å². The number of anilines is 1.